The van der Waals surface area contributed by atoms with Gasteiger partial charge in [0.25, 0.3) is 0 Å². The number of carbonyl (C=O) groups excluding carboxylic acids is 2. The van der Waals surface area contributed by atoms with Crippen LogP contribution in [0.5, 0.6) is 11.5 Å². The molecule has 0 fully saturated rings. The molecule has 0 aliphatic rings. The third kappa shape index (κ3) is 5.76. The highest BCUT2D eigenvalue weighted by molar-refractivity contribution is 7.14. The van der Waals surface area contributed by atoms with Crippen LogP contribution < -0.4 is 25.4 Å². The van der Waals surface area contributed by atoms with Crippen molar-refractivity contribution in [3.05, 3.63) is 53.9 Å². The van der Waals surface area contributed by atoms with Crippen LogP contribution in [-0.4, -0.2) is 37.2 Å². The molecule has 3 amide bonds. The first-order chi connectivity index (χ1) is 15.4. The maximum absolute atomic E-state index is 12.8. The standard InChI is InChI=1S/C23H26N4O4S/c1-14(2)20(26-22(29)24-16-8-6-5-7-9-16)21(28)27-23-25-17(13-32-23)15-10-11-18(30-3)19(12-15)31-4/h5-14,20H,1-4H3,(H2,24,26,29)(H,25,27,28). The Kier molecular flexibility index (Phi) is 7.67. The number of thiazole rings is 1. The lowest BCUT2D eigenvalue weighted by Gasteiger charge is -2.21. The van der Waals surface area contributed by atoms with E-state index >= 15 is 0 Å². The van der Waals surface area contributed by atoms with E-state index in [-0.39, 0.29) is 11.8 Å². The number of nitrogens with one attached hydrogen (secondary N) is 3. The number of anilines is 2. The van der Waals surface area contributed by atoms with Crippen LogP contribution in [0.25, 0.3) is 11.3 Å². The molecule has 1 aromatic heterocycles. The Bertz CT molecular complexity index is 1070. The van der Waals surface area contributed by atoms with E-state index in [2.05, 4.69) is 20.9 Å². The number of methoxy groups -OCH3 is 2. The number of rotatable bonds is 8. The smallest absolute Gasteiger partial charge is 0.319 e. The van der Waals surface area contributed by atoms with E-state index in [1.54, 1.807) is 32.4 Å². The highest BCUT2D eigenvalue weighted by Gasteiger charge is 2.25. The molecule has 168 valence electrons. The number of para-hydroxylation sites is 1. The number of amides is 3. The second-order valence-electron chi connectivity index (χ2n) is 7.28. The van der Waals surface area contributed by atoms with Crippen molar-refractivity contribution in [2.45, 2.75) is 19.9 Å². The van der Waals surface area contributed by atoms with Gasteiger partial charge in [-0.15, -0.1) is 11.3 Å². The molecular weight excluding hydrogens is 428 g/mol. The Morgan fingerprint density at radius 1 is 0.969 bits per heavy atom. The molecular formula is C23H26N4O4S. The summed E-state index contributed by atoms with van der Waals surface area (Å²) in [6, 6.07) is 13.4. The summed E-state index contributed by atoms with van der Waals surface area (Å²) in [5.74, 6) is 0.759. The summed E-state index contributed by atoms with van der Waals surface area (Å²) in [6.07, 6.45) is 0. The van der Waals surface area contributed by atoms with Crippen molar-refractivity contribution in [3.63, 3.8) is 0 Å². The molecule has 3 rings (SSSR count). The molecule has 3 N–H and O–H groups in total. The number of ether oxygens (including phenoxy) is 2. The zero-order valence-electron chi connectivity index (χ0n) is 18.3. The van der Waals surface area contributed by atoms with Crippen LogP contribution in [0, 0.1) is 5.92 Å². The maximum atomic E-state index is 12.8. The van der Waals surface area contributed by atoms with E-state index in [1.165, 1.54) is 11.3 Å². The number of nitrogens with zero attached hydrogens (tertiary/aromatic N) is 1. The number of carbonyl (C=O) groups is 2. The average molecular weight is 455 g/mol. The van der Waals surface area contributed by atoms with Gasteiger partial charge in [-0.2, -0.15) is 0 Å². The molecule has 3 aromatic rings. The summed E-state index contributed by atoms with van der Waals surface area (Å²) in [6.45, 7) is 3.73. The first kappa shape index (κ1) is 23.1. The lowest BCUT2D eigenvalue weighted by atomic mass is 10.0. The Hall–Kier alpha value is -3.59. The van der Waals surface area contributed by atoms with Gasteiger partial charge in [0.05, 0.1) is 19.9 Å². The zero-order chi connectivity index (χ0) is 23.1. The number of aromatic nitrogens is 1. The van der Waals surface area contributed by atoms with Gasteiger partial charge in [-0.05, 0) is 36.2 Å². The van der Waals surface area contributed by atoms with E-state index in [1.807, 2.05) is 49.6 Å². The molecule has 1 unspecified atom stereocenters. The molecule has 1 heterocycles. The molecule has 32 heavy (non-hydrogen) atoms. The van der Waals surface area contributed by atoms with Crippen molar-refractivity contribution in [1.82, 2.24) is 10.3 Å². The molecule has 0 saturated carbocycles. The minimum absolute atomic E-state index is 0.123. The van der Waals surface area contributed by atoms with Crippen LogP contribution >= 0.6 is 11.3 Å². The summed E-state index contributed by atoms with van der Waals surface area (Å²) in [4.78, 5) is 29.7. The van der Waals surface area contributed by atoms with Crippen molar-refractivity contribution in [3.8, 4) is 22.8 Å². The Morgan fingerprint density at radius 3 is 2.34 bits per heavy atom. The number of hydrogen-bond acceptors (Lipinski definition) is 6. The number of benzene rings is 2. The second-order valence-corrected chi connectivity index (χ2v) is 8.14. The second kappa shape index (κ2) is 10.6. The first-order valence-corrected chi connectivity index (χ1v) is 10.9. The highest BCUT2D eigenvalue weighted by Crippen LogP contribution is 2.33. The summed E-state index contributed by atoms with van der Waals surface area (Å²) in [7, 11) is 3.15. The van der Waals surface area contributed by atoms with E-state index in [4.69, 9.17) is 9.47 Å². The molecule has 0 saturated heterocycles. The van der Waals surface area contributed by atoms with Crippen molar-refractivity contribution < 1.29 is 19.1 Å². The third-order valence-corrected chi connectivity index (χ3v) is 5.44. The summed E-state index contributed by atoms with van der Waals surface area (Å²) >= 11 is 1.30. The van der Waals surface area contributed by atoms with Crippen molar-refractivity contribution in [1.29, 1.82) is 0 Å². The van der Waals surface area contributed by atoms with E-state index in [0.717, 1.165) is 5.56 Å². The van der Waals surface area contributed by atoms with Gasteiger partial charge in [0.2, 0.25) is 5.91 Å². The van der Waals surface area contributed by atoms with Gasteiger partial charge in [-0.25, -0.2) is 9.78 Å². The molecule has 0 bridgehead atoms. The van der Waals surface area contributed by atoms with Gasteiger partial charge >= 0.3 is 6.03 Å². The third-order valence-electron chi connectivity index (χ3n) is 4.68. The summed E-state index contributed by atoms with van der Waals surface area (Å²) in [5.41, 5.74) is 2.18. The lowest BCUT2D eigenvalue weighted by Crippen LogP contribution is -2.48. The molecule has 2 aromatic carbocycles. The lowest BCUT2D eigenvalue weighted by molar-refractivity contribution is -0.118. The largest absolute Gasteiger partial charge is 0.493 e. The van der Waals surface area contributed by atoms with Crippen LogP contribution in [0.3, 0.4) is 0 Å². The number of hydrogen-bond donors (Lipinski definition) is 3. The minimum atomic E-state index is -0.729. The fourth-order valence-corrected chi connectivity index (χ4v) is 3.73. The van der Waals surface area contributed by atoms with Crippen LogP contribution in [0.15, 0.2) is 53.9 Å². The number of urea groups is 1. The average Bonchev–Trinajstić information content (AvgIpc) is 3.25. The molecule has 0 radical (unpaired) electrons. The minimum Gasteiger partial charge on any atom is -0.493 e. The summed E-state index contributed by atoms with van der Waals surface area (Å²) < 4.78 is 10.6. The van der Waals surface area contributed by atoms with E-state index in [9.17, 15) is 9.59 Å². The topological polar surface area (TPSA) is 102 Å². The highest BCUT2D eigenvalue weighted by atomic mass is 32.1. The Morgan fingerprint density at radius 2 is 1.69 bits per heavy atom. The molecule has 0 spiro atoms. The molecule has 0 aliphatic carbocycles. The molecule has 0 aliphatic heterocycles. The van der Waals surface area contributed by atoms with Crippen LogP contribution in [-0.2, 0) is 4.79 Å². The zero-order valence-corrected chi connectivity index (χ0v) is 19.2. The van der Waals surface area contributed by atoms with Gasteiger partial charge in [-0.1, -0.05) is 32.0 Å². The Labute approximate surface area is 191 Å². The SMILES string of the molecule is COc1ccc(-c2csc(NC(=O)C(NC(=O)Nc3ccccc3)C(C)C)n2)cc1OC. The maximum Gasteiger partial charge on any atom is 0.319 e. The van der Waals surface area contributed by atoms with Crippen molar-refractivity contribution in [2.24, 2.45) is 5.92 Å². The molecule has 1 atom stereocenters. The normalized spacial score (nSPS) is 11.5. The van der Waals surface area contributed by atoms with Gasteiger partial charge in [-0.3, -0.25) is 4.79 Å². The van der Waals surface area contributed by atoms with Gasteiger partial charge < -0.3 is 25.4 Å². The van der Waals surface area contributed by atoms with Crippen LogP contribution in [0.1, 0.15) is 13.8 Å². The predicted octanol–water partition coefficient (Wildman–Crippen LogP) is 4.61. The fourth-order valence-electron chi connectivity index (χ4n) is 3.01. The first-order valence-electron chi connectivity index (χ1n) is 10.0. The molecule has 9 heteroatoms. The monoisotopic (exact) mass is 454 g/mol. The van der Waals surface area contributed by atoms with E-state index in [0.29, 0.717) is 28.0 Å². The molecule has 8 nitrogen and oxygen atoms in total. The van der Waals surface area contributed by atoms with Gasteiger partial charge in [0, 0.05) is 16.6 Å². The van der Waals surface area contributed by atoms with Gasteiger partial charge in [0.1, 0.15) is 6.04 Å². The van der Waals surface area contributed by atoms with Crippen molar-refractivity contribution in [2.75, 3.05) is 24.9 Å². The summed E-state index contributed by atoms with van der Waals surface area (Å²) in [5, 5.41) is 10.6. The quantitative estimate of drug-likeness (QED) is 0.461. The predicted molar refractivity (Wildman–Crippen MR) is 127 cm³/mol. The van der Waals surface area contributed by atoms with Gasteiger partial charge in [0.15, 0.2) is 16.6 Å². The van der Waals surface area contributed by atoms with E-state index < -0.39 is 12.1 Å². The van der Waals surface area contributed by atoms with Crippen molar-refractivity contribution >= 4 is 34.1 Å². The van der Waals surface area contributed by atoms with Crippen LogP contribution in [0.2, 0.25) is 0 Å². The Balaban J connectivity index is 1.67. The van der Waals surface area contributed by atoms with Crippen LogP contribution in [0.4, 0.5) is 15.6 Å². The fraction of sp³-hybridized carbons (Fsp3) is 0.261.